The smallest absolute Gasteiger partial charge is 0.349 e. The topological polar surface area (TPSA) is 104 Å². The summed E-state index contributed by atoms with van der Waals surface area (Å²) in [5.74, 6) is 0.187. The van der Waals surface area contributed by atoms with E-state index in [9.17, 15) is 14.4 Å². The summed E-state index contributed by atoms with van der Waals surface area (Å²) in [4.78, 5) is 36.5. The van der Waals surface area contributed by atoms with Crippen molar-refractivity contribution in [1.82, 2.24) is 5.32 Å². The van der Waals surface area contributed by atoms with Crippen molar-refractivity contribution in [3.8, 4) is 17.2 Å². The van der Waals surface area contributed by atoms with Crippen molar-refractivity contribution in [3.63, 3.8) is 0 Å². The fourth-order valence-electron chi connectivity index (χ4n) is 2.92. The van der Waals surface area contributed by atoms with Gasteiger partial charge in [-0.1, -0.05) is 6.07 Å². The molecule has 0 unspecified atom stereocenters. The van der Waals surface area contributed by atoms with E-state index in [-0.39, 0.29) is 22.9 Å². The van der Waals surface area contributed by atoms with E-state index in [0.29, 0.717) is 16.9 Å². The molecule has 3 rings (SSSR count). The maximum Gasteiger partial charge on any atom is 0.349 e. The number of nitrogens with one attached hydrogen (secondary N) is 1. The summed E-state index contributed by atoms with van der Waals surface area (Å²) in [5.41, 5.74) is 0.0582. The van der Waals surface area contributed by atoms with Gasteiger partial charge in [-0.2, -0.15) is 0 Å². The van der Waals surface area contributed by atoms with Gasteiger partial charge in [-0.05, 0) is 55.8 Å². The van der Waals surface area contributed by atoms with E-state index in [2.05, 4.69) is 5.32 Å². The predicted octanol–water partition coefficient (Wildman–Crippen LogP) is 3.57. The minimum absolute atomic E-state index is 0.0891. The number of carbonyl (C=O) groups is 2. The van der Waals surface area contributed by atoms with Crippen LogP contribution in [0.1, 0.15) is 29.8 Å². The zero-order valence-corrected chi connectivity index (χ0v) is 18.1. The highest BCUT2D eigenvalue weighted by Gasteiger charge is 2.15. The summed E-state index contributed by atoms with van der Waals surface area (Å²) in [5, 5.41) is 3.18. The SMILES string of the molecule is COc1ccc(/C=C/C(=O)Oc2ccc3cc(C(=O)NC(C)C)c(=O)oc3c2)cc1OC. The van der Waals surface area contributed by atoms with Crippen molar-refractivity contribution >= 4 is 28.9 Å². The number of fused-ring (bicyclic) bond motifs is 1. The highest BCUT2D eigenvalue weighted by molar-refractivity contribution is 5.97. The molecule has 1 N–H and O–H groups in total. The maximum absolute atomic E-state index is 12.2. The number of benzene rings is 2. The summed E-state index contributed by atoms with van der Waals surface area (Å²) >= 11 is 0. The van der Waals surface area contributed by atoms with Crippen LogP contribution in [0.25, 0.3) is 17.0 Å². The van der Waals surface area contributed by atoms with Crippen LogP contribution < -0.4 is 25.2 Å². The number of hydrogen-bond acceptors (Lipinski definition) is 7. The van der Waals surface area contributed by atoms with Gasteiger partial charge in [0.1, 0.15) is 16.9 Å². The summed E-state index contributed by atoms with van der Waals surface area (Å²) in [7, 11) is 3.06. The van der Waals surface area contributed by atoms with E-state index in [1.54, 1.807) is 50.3 Å². The summed E-state index contributed by atoms with van der Waals surface area (Å²) in [6.45, 7) is 3.58. The fourth-order valence-corrected chi connectivity index (χ4v) is 2.92. The van der Waals surface area contributed by atoms with Crippen molar-refractivity contribution in [2.75, 3.05) is 14.2 Å². The summed E-state index contributed by atoms with van der Waals surface area (Å²) < 4.78 is 21.0. The van der Waals surface area contributed by atoms with Gasteiger partial charge in [0.25, 0.3) is 5.91 Å². The van der Waals surface area contributed by atoms with E-state index < -0.39 is 17.5 Å². The molecule has 0 saturated carbocycles. The Bertz CT molecular complexity index is 1240. The maximum atomic E-state index is 12.2. The summed E-state index contributed by atoms with van der Waals surface area (Å²) in [6.07, 6.45) is 2.84. The van der Waals surface area contributed by atoms with Crippen molar-refractivity contribution in [3.05, 3.63) is 70.1 Å². The number of methoxy groups -OCH3 is 2. The highest BCUT2D eigenvalue weighted by atomic mass is 16.5. The first-order chi connectivity index (χ1) is 15.3. The van der Waals surface area contributed by atoms with Crippen LogP contribution in [0.2, 0.25) is 0 Å². The molecule has 0 aliphatic heterocycles. The van der Waals surface area contributed by atoms with Gasteiger partial charge in [-0.15, -0.1) is 0 Å². The monoisotopic (exact) mass is 437 g/mol. The van der Waals surface area contributed by atoms with Crippen LogP contribution in [0.4, 0.5) is 0 Å². The standard InChI is InChI=1S/C24H23NO7/c1-14(2)25-23(27)18-12-16-7-8-17(13-20(16)32-24(18)28)31-22(26)10-6-15-5-9-19(29-3)21(11-15)30-4/h5-14H,1-4H3,(H,25,27)/b10-6+. The lowest BCUT2D eigenvalue weighted by atomic mass is 10.1. The molecule has 1 aromatic heterocycles. The second-order valence-electron chi connectivity index (χ2n) is 7.14. The molecular weight excluding hydrogens is 414 g/mol. The van der Waals surface area contributed by atoms with Gasteiger partial charge in [0, 0.05) is 23.6 Å². The number of carbonyl (C=O) groups excluding carboxylic acids is 2. The van der Waals surface area contributed by atoms with Gasteiger partial charge < -0.3 is 23.9 Å². The van der Waals surface area contributed by atoms with E-state index >= 15 is 0 Å². The average molecular weight is 437 g/mol. The van der Waals surface area contributed by atoms with Crippen LogP contribution in [0.5, 0.6) is 17.2 Å². The Morgan fingerprint density at radius 2 is 1.75 bits per heavy atom. The van der Waals surface area contributed by atoms with E-state index in [4.69, 9.17) is 18.6 Å². The third-order valence-corrected chi connectivity index (χ3v) is 4.41. The third-order valence-electron chi connectivity index (χ3n) is 4.41. The van der Waals surface area contributed by atoms with Crippen LogP contribution in [-0.4, -0.2) is 32.1 Å². The molecule has 1 heterocycles. The lowest BCUT2D eigenvalue weighted by Crippen LogP contribution is -2.33. The van der Waals surface area contributed by atoms with Crippen LogP contribution in [-0.2, 0) is 4.79 Å². The fraction of sp³-hybridized carbons (Fsp3) is 0.208. The van der Waals surface area contributed by atoms with Gasteiger partial charge in [0.15, 0.2) is 11.5 Å². The van der Waals surface area contributed by atoms with Gasteiger partial charge in [-0.25, -0.2) is 9.59 Å². The lowest BCUT2D eigenvalue weighted by molar-refractivity contribution is -0.128. The molecule has 1 amide bonds. The molecule has 0 aliphatic rings. The second kappa shape index (κ2) is 9.82. The molecule has 0 saturated heterocycles. The minimum Gasteiger partial charge on any atom is -0.493 e. The molecule has 0 radical (unpaired) electrons. The molecule has 3 aromatic rings. The van der Waals surface area contributed by atoms with Crippen molar-refractivity contribution in [2.24, 2.45) is 0 Å². The van der Waals surface area contributed by atoms with Crippen LogP contribution >= 0.6 is 0 Å². The largest absolute Gasteiger partial charge is 0.493 e. The quantitative estimate of drug-likeness (QED) is 0.261. The Morgan fingerprint density at radius 3 is 2.44 bits per heavy atom. The predicted molar refractivity (Wildman–Crippen MR) is 119 cm³/mol. The zero-order chi connectivity index (χ0) is 23.3. The van der Waals surface area contributed by atoms with Gasteiger partial charge in [0.05, 0.1) is 14.2 Å². The Labute approximate surface area is 184 Å². The summed E-state index contributed by atoms with van der Waals surface area (Å²) in [6, 6.07) is 11.1. The van der Waals surface area contributed by atoms with Gasteiger partial charge >= 0.3 is 11.6 Å². The van der Waals surface area contributed by atoms with E-state index in [1.807, 2.05) is 0 Å². The molecule has 0 bridgehead atoms. The molecule has 8 nitrogen and oxygen atoms in total. The molecule has 0 spiro atoms. The zero-order valence-electron chi connectivity index (χ0n) is 18.1. The molecular formula is C24H23NO7. The molecule has 2 aromatic carbocycles. The first kappa shape index (κ1) is 22.6. The number of amides is 1. The molecule has 32 heavy (non-hydrogen) atoms. The molecule has 0 aliphatic carbocycles. The molecule has 8 heteroatoms. The molecule has 0 atom stereocenters. The number of rotatable bonds is 7. The first-order valence-corrected chi connectivity index (χ1v) is 9.81. The van der Waals surface area contributed by atoms with Gasteiger partial charge in [0.2, 0.25) is 0 Å². The Kier molecular flexibility index (Phi) is 6.94. The third kappa shape index (κ3) is 5.34. The number of ether oxygens (including phenoxy) is 3. The van der Waals surface area contributed by atoms with E-state index in [0.717, 1.165) is 5.56 Å². The lowest BCUT2D eigenvalue weighted by Gasteiger charge is -2.08. The average Bonchev–Trinajstić information content (AvgIpc) is 2.76. The van der Waals surface area contributed by atoms with Crippen molar-refractivity contribution in [1.29, 1.82) is 0 Å². The normalized spacial score (nSPS) is 11.0. The second-order valence-corrected chi connectivity index (χ2v) is 7.14. The Hall–Kier alpha value is -4.07. The van der Waals surface area contributed by atoms with Crippen LogP contribution in [0, 0.1) is 0 Å². The highest BCUT2D eigenvalue weighted by Crippen LogP contribution is 2.28. The molecule has 0 fully saturated rings. The van der Waals surface area contributed by atoms with Crippen LogP contribution in [0.3, 0.4) is 0 Å². The Morgan fingerprint density at radius 1 is 1.00 bits per heavy atom. The van der Waals surface area contributed by atoms with Crippen molar-refractivity contribution < 1.29 is 28.2 Å². The first-order valence-electron chi connectivity index (χ1n) is 9.81. The minimum atomic E-state index is -0.771. The number of hydrogen-bond donors (Lipinski definition) is 1. The Balaban J connectivity index is 1.76. The van der Waals surface area contributed by atoms with Gasteiger partial charge in [-0.3, -0.25) is 4.79 Å². The van der Waals surface area contributed by atoms with E-state index in [1.165, 1.54) is 32.4 Å². The number of esters is 1. The molecule has 166 valence electrons. The van der Waals surface area contributed by atoms with Crippen LogP contribution in [0.15, 0.2) is 57.8 Å². The van der Waals surface area contributed by atoms with Crippen molar-refractivity contribution in [2.45, 2.75) is 19.9 Å².